The van der Waals surface area contributed by atoms with Crippen LogP contribution < -0.4 is 5.01 Å². The number of hydrogen-bond donors (Lipinski definition) is 1. The van der Waals surface area contributed by atoms with Crippen LogP contribution in [0.15, 0.2) is 0 Å². The molecule has 0 heterocycles. The summed E-state index contributed by atoms with van der Waals surface area (Å²) in [6, 6.07) is 0.648. The molecular weight excluding hydrogens is 100 g/mol. The Labute approximate surface area is 50.6 Å². The second-order valence-electron chi connectivity index (χ2n) is 2.66. The molecule has 0 aromatic heterocycles. The normalized spacial score (nSPS) is 26.2. The highest BCUT2D eigenvalue weighted by Gasteiger charge is 2.16. The van der Waals surface area contributed by atoms with E-state index in [1.165, 1.54) is 25.7 Å². The van der Waals surface area contributed by atoms with Crippen molar-refractivity contribution < 1.29 is 5.01 Å². The van der Waals surface area contributed by atoms with Gasteiger partial charge in [-0.25, -0.2) is 0 Å². The van der Waals surface area contributed by atoms with Crippen molar-refractivity contribution in [2.45, 2.75) is 31.7 Å². The second kappa shape index (κ2) is 2.46. The Kier molecular flexibility index (Phi) is 1.86. The monoisotopic (exact) mass is 114 g/mol. The summed E-state index contributed by atoms with van der Waals surface area (Å²) in [5.41, 5.74) is 0. The molecule has 48 valence electrons. The largest absolute Gasteiger partial charge is 0.469 e. The van der Waals surface area contributed by atoms with Crippen molar-refractivity contribution in [3.63, 3.8) is 0 Å². The Morgan fingerprint density at radius 1 is 1.38 bits per heavy atom. The predicted octanol–water partition coefficient (Wildman–Crippen LogP) is 0.411. The average Bonchev–Trinajstić information content (AvgIpc) is 2.12. The fraction of sp³-hybridized carbons (Fsp3) is 1.00. The lowest BCUT2D eigenvalue weighted by Crippen LogP contribution is -3.06. The van der Waals surface area contributed by atoms with Crippen LogP contribution in [0, 0.1) is 0 Å². The quantitative estimate of drug-likeness (QED) is 0.478. The second-order valence-corrected chi connectivity index (χ2v) is 2.66. The van der Waals surface area contributed by atoms with Gasteiger partial charge < -0.3 is 10.9 Å². The summed E-state index contributed by atoms with van der Waals surface area (Å²) in [5.74, 6) is 7.29. The van der Waals surface area contributed by atoms with E-state index in [2.05, 4.69) is 0 Å². The molecule has 2 N–H and O–H groups in total. The summed E-state index contributed by atoms with van der Waals surface area (Å²) >= 11 is 0. The molecule has 0 saturated heterocycles. The number of rotatable bonds is 1. The van der Waals surface area contributed by atoms with Crippen molar-refractivity contribution in [1.82, 2.24) is 0 Å². The lowest BCUT2D eigenvalue weighted by atomic mass is 10.2. The minimum Gasteiger partial charge on any atom is -0.469 e. The fourth-order valence-corrected chi connectivity index (χ4v) is 1.36. The fourth-order valence-electron chi connectivity index (χ4n) is 1.36. The van der Waals surface area contributed by atoms with Gasteiger partial charge in [-0.1, -0.05) is 0 Å². The molecule has 1 atom stereocenters. The highest BCUT2D eigenvalue weighted by Crippen LogP contribution is 2.14. The van der Waals surface area contributed by atoms with Gasteiger partial charge in [0, 0.05) is 0 Å². The minimum atomic E-state index is 0.648. The van der Waals surface area contributed by atoms with E-state index in [0.717, 1.165) is 5.01 Å². The highest BCUT2D eigenvalue weighted by molar-refractivity contribution is 4.64. The molecule has 0 aromatic rings. The zero-order valence-corrected chi connectivity index (χ0v) is 5.41. The standard InChI is InChI=1S/C6H14N2/c1-8(7)6-4-2-3-5-6/h6-8H,2-5H2,1H3. The van der Waals surface area contributed by atoms with Crippen molar-refractivity contribution in [1.29, 1.82) is 0 Å². The molecule has 1 rings (SSSR count). The first-order valence-electron chi connectivity index (χ1n) is 3.36. The van der Waals surface area contributed by atoms with E-state index in [9.17, 15) is 0 Å². The van der Waals surface area contributed by atoms with Gasteiger partial charge in [-0.05, 0) is 25.7 Å². The Bertz CT molecular complexity index is 64.9. The van der Waals surface area contributed by atoms with Crippen LogP contribution in [-0.2, 0) is 0 Å². The molecule has 2 nitrogen and oxygen atoms in total. The predicted molar refractivity (Wildman–Crippen MR) is 33.5 cm³/mol. The first-order valence-corrected chi connectivity index (χ1v) is 3.36. The van der Waals surface area contributed by atoms with E-state index in [4.69, 9.17) is 5.84 Å². The van der Waals surface area contributed by atoms with Gasteiger partial charge in [-0.15, -0.1) is 0 Å². The van der Waals surface area contributed by atoms with Crippen molar-refractivity contribution in [2.24, 2.45) is 0 Å². The minimum absolute atomic E-state index is 0.648. The van der Waals surface area contributed by atoms with Crippen molar-refractivity contribution >= 4 is 0 Å². The van der Waals surface area contributed by atoms with Crippen LogP contribution in [0.5, 0.6) is 0 Å². The van der Waals surface area contributed by atoms with Gasteiger partial charge >= 0.3 is 0 Å². The molecule has 1 saturated carbocycles. The van der Waals surface area contributed by atoms with Crippen LogP contribution >= 0.6 is 0 Å². The molecule has 1 aliphatic carbocycles. The Balaban J connectivity index is 2.24. The summed E-state index contributed by atoms with van der Waals surface area (Å²) in [7, 11) is 1.93. The molecule has 0 spiro atoms. The maximum Gasteiger partial charge on any atom is 0.0783 e. The zero-order chi connectivity index (χ0) is 5.98. The van der Waals surface area contributed by atoms with Crippen molar-refractivity contribution in [3.05, 3.63) is 5.84 Å². The van der Waals surface area contributed by atoms with Crippen LogP contribution in [0.1, 0.15) is 25.7 Å². The lowest BCUT2D eigenvalue weighted by molar-refractivity contribution is -0.854. The van der Waals surface area contributed by atoms with Crippen molar-refractivity contribution in [2.75, 3.05) is 7.05 Å². The third-order valence-corrected chi connectivity index (χ3v) is 1.97. The third-order valence-electron chi connectivity index (χ3n) is 1.97. The summed E-state index contributed by atoms with van der Waals surface area (Å²) in [5, 5.41) is 0.891. The van der Waals surface area contributed by atoms with Crippen LogP contribution in [0.2, 0.25) is 0 Å². The molecule has 1 fully saturated rings. The maximum absolute atomic E-state index is 7.29. The Morgan fingerprint density at radius 2 is 1.88 bits per heavy atom. The molecule has 0 aromatic carbocycles. The molecule has 0 aliphatic heterocycles. The lowest BCUT2D eigenvalue weighted by Gasteiger charge is -2.22. The van der Waals surface area contributed by atoms with E-state index in [1.807, 2.05) is 7.05 Å². The summed E-state index contributed by atoms with van der Waals surface area (Å²) in [4.78, 5) is 0. The smallest absolute Gasteiger partial charge is 0.0783 e. The summed E-state index contributed by atoms with van der Waals surface area (Å²) in [6.45, 7) is 0. The van der Waals surface area contributed by atoms with E-state index in [0.29, 0.717) is 6.04 Å². The highest BCUT2D eigenvalue weighted by atomic mass is 15.4. The molecule has 0 amide bonds. The maximum atomic E-state index is 7.29. The number of hydrogen-bond acceptors (Lipinski definition) is 0. The van der Waals surface area contributed by atoms with E-state index in [1.54, 1.807) is 0 Å². The van der Waals surface area contributed by atoms with Crippen molar-refractivity contribution in [3.8, 4) is 0 Å². The Hall–Kier alpha value is -0.0800. The molecule has 0 bridgehead atoms. The van der Waals surface area contributed by atoms with E-state index >= 15 is 0 Å². The first kappa shape index (κ1) is 6.05. The van der Waals surface area contributed by atoms with Gasteiger partial charge in [-0.2, -0.15) is 0 Å². The number of nitrogens with one attached hydrogen (secondary N) is 2. The topological polar surface area (TPSA) is 28.2 Å². The Morgan fingerprint density at radius 3 is 2.12 bits per heavy atom. The van der Waals surface area contributed by atoms with Crippen LogP contribution in [0.3, 0.4) is 0 Å². The van der Waals surface area contributed by atoms with Gasteiger partial charge in [-0.3, -0.25) is 0 Å². The van der Waals surface area contributed by atoms with E-state index in [-0.39, 0.29) is 0 Å². The van der Waals surface area contributed by atoms with Crippen LogP contribution in [0.4, 0.5) is 0 Å². The number of quaternary nitrogens is 1. The molecule has 8 heavy (non-hydrogen) atoms. The van der Waals surface area contributed by atoms with Crippen LogP contribution in [0.25, 0.3) is 5.84 Å². The van der Waals surface area contributed by atoms with Gasteiger partial charge in [0.2, 0.25) is 0 Å². The molecule has 1 unspecified atom stereocenters. The van der Waals surface area contributed by atoms with E-state index < -0.39 is 0 Å². The molecule has 2 heteroatoms. The first-order chi connectivity index (χ1) is 3.80. The molecular formula is C6H14N2. The summed E-state index contributed by atoms with van der Waals surface area (Å²) < 4.78 is 0. The van der Waals surface area contributed by atoms with Gasteiger partial charge in [0.25, 0.3) is 0 Å². The third kappa shape index (κ3) is 1.20. The molecule has 0 radical (unpaired) electrons. The van der Waals surface area contributed by atoms with Gasteiger partial charge in [0.15, 0.2) is 0 Å². The summed E-state index contributed by atoms with van der Waals surface area (Å²) in [6.07, 6.45) is 5.24. The molecule has 1 aliphatic rings. The van der Waals surface area contributed by atoms with Crippen LogP contribution in [-0.4, -0.2) is 13.1 Å². The van der Waals surface area contributed by atoms with Gasteiger partial charge in [0.05, 0.1) is 13.1 Å². The SMILES string of the molecule is C[NH+]([NH-])C1CCCC1. The average molecular weight is 114 g/mol. The zero-order valence-electron chi connectivity index (χ0n) is 5.41. The van der Waals surface area contributed by atoms with Gasteiger partial charge in [0.1, 0.15) is 0 Å².